The van der Waals surface area contributed by atoms with E-state index in [1.807, 2.05) is 12.1 Å². The average molecular weight is 371 g/mol. The zero-order valence-corrected chi connectivity index (χ0v) is 15.7. The van der Waals surface area contributed by atoms with Gasteiger partial charge in [0.2, 0.25) is 5.91 Å². The van der Waals surface area contributed by atoms with Gasteiger partial charge in [-0.1, -0.05) is 12.1 Å². The van der Waals surface area contributed by atoms with Gasteiger partial charge in [0.1, 0.15) is 11.6 Å². The molecule has 0 unspecified atom stereocenters. The maximum absolute atomic E-state index is 12.9. The van der Waals surface area contributed by atoms with Gasteiger partial charge in [0.05, 0.1) is 13.7 Å². The molecule has 1 saturated heterocycles. The van der Waals surface area contributed by atoms with E-state index in [9.17, 15) is 9.18 Å². The first kappa shape index (κ1) is 19.2. The highest BCUT2D eigenvalue weighted by Gasteiger charge is 2.17. The molecule has 1 heterocycles. The Hall–Kier alpha value is -2.60. The van der Waals surface area contributed by atoms with Gasteiger partial charge in [-0.15, -0.1) is 0 Å². The Bertz CT molecular complexity index is 734. The van der Waals surface area contributed by atoms with Crippen LogP contribution in [0.3, 0.4) is 0 Å². The summed E-state index contributed by atoms with van der Waals surface area (Å²) in [5, 5.41) is 2.91. The second-order valence-electron chi connectivity index (χ2n) is 6.72. The lowest BCUT2D eigenvalue weighted by Gasteiger charge is -2.23. The molecule has 1 aliphatic rings. The number of carbonyl (C=O) groups is 1. The van der Waals surface area contributed by atoms with Crippen LogP contribution in [0.15, 0.2) is 48.5 Å². The fourth-order valence-corrected chi connectivity index (χ4v) is 3.24. The van der Waals surface area contributed by atoms with Gasteiger partial charge in [0.15, 0.2) is 0 Å². The molecule has 1 N–H and O–H groups in total. The highest BCUT2D eigenvalue weighted by Crippen LogP contribution is 2.20. The van der Waals surface area contributed by atoms with Crippen LogP contribution in [0.25, 0.3) is 0 Å². The van der Waals surface area contributed by atoms with E-state index < -0.39 is 0 Å². The van der Waals surface area contributed by atoms with Crippen LogP contribution < -0.4 is 15.0 Å². The van der Waals surface area contributed by atoms with Crippen molar-refractivity contribution >= 4 is 11.6 Å². The number of anilines is 1. The molecule has 6 heteroatoms. The number of amides is 1. The van der Waals surface area contributed by atoms with Crippen LogP contribution in [-0.2, 0) is 11.3 Å². The van der Waals surface area contributed by atoms with Crippen molar-refractivity contribution in [1.82, 2.24) is 10.2 Å². The van der Waals surface area contributed by atoms with Gasteiger partial charge >= 0.3 is 0 Å². The summed E-state index contributed by atoms with van der Waals surface area (Å²) >= 11 is 0. The van der Waals surface area contributed by atoms with Gasteiger partial charge in [-0.05, 0) is 48.4 Å². The highest BCUT2D eigenvalue weighted by molar-refractivity contribution is 5.78. The minimum Gasteiger partial charge on any atom is -0.497 e. The van der Waals surface area contributed by atoms with Crippen molar-refractivity contribution < 1.29 is 13.9 Å². The van der Waals surface area contributed by atoms with Gasteiger partial charge in [0.25, 0.3) is 0 Å². The van der Waals surface area contributed by atoms with Gasteiger partial charge in [0, 0.05) is 38.4 Å². The summed E-state index contributed by atoms with van der Waals surface area (Å²) < 4.78 is 18.1. The lowest BCUT2D eigenvalue weighted by atomic mass is 10.2. The number of halogens is 1. The highest BCUT2D eigenvalue weighted by atomic mass is 19.1. The molecule has 2 aromatic rings. The molecule has 0 aliphatic carbocycles. The first-order valence-corrected chi connectivity index (χ1v) is 9.26. The molecule has 1 amide bonds. The van der Waals surface area contributed by atoms with Gasteiger partial charge in [-0.3, -0.25) is 9.69 Å². The number of hydrogen-bond acceptors (Lipinski definition) is 4. The smallest absolute Gasteiger partial charge is 0.234 e. The molecule has 27 heavy (non-hydrogen) atoms. The third-order valence-corrected chi connectivity index (χ3v) is 4.80. The number of hydrogen-bond donors (Lipinski definition) is 1. The average Bonchev–Trinajstić information content (AvgIpc) is 2.93. The fraction of sp³-hybridized carbons (Fsp3) is 0.381. The van der Waals surface area contributed by atoms with Gasteiger partial charge in [-0.25, -0.2) is 4.39 Å². The Morgan fingerprint density at radius 3 is 2.48 bits per heavy atom. The molecule has 3 rings (SSSR count). The van der Waals surface area contributed by atoms with Crippen molar-refractivity contribution in [2.45, 2.75) is 13.0 Å². The van der Waals surface area contributed by atoms with Gasteiger partial charge in [-0.2, -0.15) is 0 Å². The number of rotatable bonds is 6. The standard InChI is InChI=1S/C21H26FN3O2/c1-27-20-9-7-19(8-10-20)25-12-2-11-24(13-14-25)16-21(26)23-15-17-3-5-18(22)6-4-17/h3-10H,2,11-16H2,1H3,(H,23,26). The summed E-state index contributed by atoms with van der Waals surface area (Å²) in [4.78, 5) is 16.8. The molecule has 0 radical (unpaired) electrons. The summed E-state index contributed by atoms with van der Waals surface area (Å²) in [5.41, 5.74) is 2.07. The Morgan fingerprint density at radius 2 is 1.78 bits per heavy atom. The topological polar surface area (TPSA) is 44.8 Å². The lowest BCUT2D eigenvalue weighted by molar-refractivity contribution is -0.122. The number of nitrogens with zero attached hydrogens (tertiary/aromatic N) is 2. The maximum atomic E-state index is 12.9. The summed E-state index contributed by atoms with van der Waals surface area (Å²) in [5.74, 6) is 0.585. The zero-order valence-electron chi connectivity index (χ0n) is 15.7. The number of ether oxygens (including phenoxy) is 1. The van der Waals surface area contributed by atoms with Crippen molar-refractivity contribution in [2.24, 2.45) is 0 Å². The van der Waals surface area contributed by atoms with E-state index in [4.69, 9.17) is 4.74 Å². The lowest BCUT2D eigenvalue weighted by Crippen LogP contribution is -2.39. The van der Waals surface area contributed by atoms with Crippen molar-refractivity contribution in [2.75, 3.05) is 44.7 Å². The van der Waals surface area contributed by atoms with Crippen molar-refractivity contribution in [3.8, 4) is 5.75 Å². The number of carbonyl (C=O) groups excluding carboxylic acids is 1. The van der Waals surface area contributed by atoms with E-state index in [0.29, 0.717) is 13.1 Å². The summed E-state index contributed by atoms with van der Waals surface area (Å²) in [6, 6.07) is 14.3. The molecule has 144 valence electrons. The van der Waals surface area contributed by atoms with Crippen molar-refractivity contribution in [3.05, 3.63) is 59.9 Å². The second-order valence-corrected chi connectivity index (χ2v) is 6.72. The molecule has 0 aromatic heterocycles. The van der Waals surface area contributed by atoms with Crippen LogP contribution in [0.1, 0.15) is 12.0 Å². The Balaban J connectivity index is 1.45. The van der Waals surface area contributed by atoms with E-state index in [1.54, 1.807) is 19.2 Å². The number of methoxy groups -OCH3 is 1. The summed E-state index contributed by atoms with van der Waals surface area (Å²) in [7, 11) is 1.67. The molecule has 0 spiro atoms. The predicted molar refractivity (Wildman–Crippen MR) is 105 cm³/mol. The molecular weight excluding hydrogens is 345 g/mol. The zero-order chi connectivity index (χ0) is 19.1. The number of benzene rings is 2. The van der Waals surface area contributed by atoms with Crippen LogP contribution in [0.2, 0.25) is 0 Å². The third-order valence-electron chi connectivity index (χ3n) is 4.80. The molecular formula is C21H26FN3O2. The minimum absolute atomic E-state index is 0.00257. The van der Waals surface area contributed by atoms with E-state index >= 15 is 0 Å². The normalized spacial score (nSPS) is 15.3. The molecule has 0 atom stereocenters. The molecule has 1 aliphatic heterocycles. The first-order valence-electron chi connectivity index (χ1n) is 9.26. The molecule has 1 fully saturated rings. The molecule has 0 bridgehead atoms. The van der Waals surface area contributed by atoms with E-state index in [1.165, 1.54) is 17.8 Å². The fourth-order valence-electron chi connectivity index (χ4n) is 3.24. The van der Waals surface area contributed by atoms with E-state index in [-0.39, 0.29) is 11.7 Å². The summed E-state index contributed by atoms with van der Waals surface area (Å²) in [6.07, 6.45) is 1.01. The SMILES string of the molecule is COc1ccc(N2CCCN(CC(=O)NCc3ccc(F)cc3)CC2)cc1. The van der Waals surface area contributed by atoms with Crippen LogP contribution >= 0.6 is 0 Å². The second kappa shape index (κ2) is 9.37. The molecule has 0 saturated carbocycles. The first-order chi connectivity index (χ1) is 13.1. The quantitative estimate of drug-likeness (QED) is 0.848. The monoisotopic (exact) mass is 371 g/mol. The van der Waals surface area contributed by atoms with E-state index in [0.717, 1.165) is 43.9 Å². The van der Waals surface area contributed by atoms with Crippen LogP contribution in [-0.4, -0.2) is 50.6 Å². The summed E-state index contributed by atoms with van der Waals surface area (Å²) in [6.45, 7) is 4.41. The van der Waals surface area contributed by atoms with Crippen LogP contribution in [0.5, 0.6) is 5.75 Å². The largest absolute Gasteiger partial charge is 0.497 e. The van der Waals surface area contributed by atoms with Crippen LogP contribution in [0, 0.1) is 5.82 Å². The maximum Gasteiger partial charge on any atom is 0.234 e. The van der Waals surface area contributed by atoms with Crippen molar-refractivity contribution in [1.29, 1.82) is 0 Å². The number of nitrogens with one attached hydrogen (secondary N) is 1. The molecule has 5 nitrogen and oxygen atoms in total. The Kier molecular flexibility index (Phi) is 6.65. The van der Waals surface area contributed by atoms with Gasteiger partial charge < -0.3 is 15.0 Å². The van der Waals surface area contributed by atoms with Crippen LogP contribution in [0.4, 0.5) is 10.1 Å². The minimum atomic E-state index is -0.268. The molecule has 2 aromatic carbocycles. The Labute approximate surface area is 159 Å². The third kappa shape index (κ3) is 5.69. The van der Waals surface area contributed by atoms with Crippen molar-refractivity contribution in [3.63, 3.8) is 0 Å². The predicted octanol–water partition coefficient (Wildman–Crippen LogP) is 2.66. The van der Waals surface area contributed by atoms with E-state index in [2.05, 4.69) is 27.2 Å². The Morgan fingerprint density at radius 1 is 1.04 bits per heavy atom.